The molecule has 0 radical (unpaired) electrons. The van der Waals surface area contributed by atoms with Gasteiger partial charge in [-0.05, 0) is 0 Å². The van der Waals surface area contributed by atoms with E-state index in [1.165, 1.54) is 0 Å². The fourth-order valence-corrected chi connectivity index (χ4v) is 1.47. The van der Waals surface area contributed by atoms with Crippen molar-refractivity contribution in [3.63, 3.8) is 0 Å². The van der Waals surface area contributed by atoms with Crippen molar-refractivity contribution in [2.24, 2.45) is 0 Å². The van der Waals surface area contributed by atoms with Crippen molar-refractivity contribution in [2.75, 3.05) is 19.7 Å². The monoisotopic (exact) mass is 384 g/mol. The molecule has 23 heavy (non-hydrogen) atoms. The normalized spacial score (nSPS) is 91.4. The summed E-state index contributed by atoms with van der Waals surface area (Å²) in [6.07, 6.45) is -36.6. The fraction of sp³-hybridized carbons (Fsp3) is 1.00. The zero-order chi connectivity index (χ0) is 35.1. The molecule has 2 rings (SSSR count). The first-order chi connectivity index (χ1) is 19.5. The Morgan fingerprint density at radius 3 is 2.43 bits per heavy atom. The van der Waals surface area contributed by atoms with Crippen molar-refractivity contribution >= 4 is 0 Å². The molecule has 0 saturated carbocycles. The van der Waals surface area contributed by atoms with Crippen LogP contribution in [0.25, 0.3) is 0 Å². The SMILES string of the molecule is [3H]OC([3H])([3H])[C@@]1(O[C@@]2([3H])O[C@]([3H])(C([3H])([3H])O)[C@@]([3H])(O[3H])[C@]([3H])(O[3H])[C@@]2([3H])O[3H])O[C@]([3H])(C([3H])([3H])O[3H])[C@@]([3H])(O[3H])[C@]1([3H])O[3H]. The number of rotatable bonds is 12. The summed E-state index contributed by atoms with van der Waals surface area (Å²) < 4.78 is 179. The standard InChI is InChI=1S/C12H22O11/c13-1-4-6(16)8(18)9(19)11(21-4)23-12(3-15)10(20)7(17)5(2-14)22-12/h4-11,13-20H,1-3H2/t4-,5-,6-,7-,8+,9-,10+,11-,12+/m1/s1/i1T2,2T2,3T2,4T,5T,6T,7T,8T,9T,10T,11T,14T,15T,16T,17T,18T,19T,20T. The summed E-state index contributed by atoms with van der Waals surface area (Å²) in [5, 5.41) is 36.9. The largest absolute Gasteiger partial charge is 0.394 e. The van der Waals surface area contributed by atoms with Crippen LogP contribution in [0.15, 0.2) is 0 Å². The molecule has 11 heteroatoms. The molecule has 0 unspecified atom stereocenters. The van der Waals surface area contributed by atoms with Crippen LogP contribution in [0.2, 0.25) is 0 Å². The Balaban J connectivity index is 3.22. The molecule has 2 fully saturated rings. The highest BCUT2D eigenvalue weighted by atomic mass is 16.8. The van der Waals surface area contributed by atoms with Crippen LogP contribution >= 0.6 is 0 Å². The maximum absolute atomic E-state index is 10.1. The van der Waals surface area contributed by atoms with Gasteiger partial charge < -0.3 is 55.1 Å². The molecule has 0 aromatic heterocycles. The molecular weight excluding hydrogens is 320 g/mol. The predicted molar refractivity (Wildman–Crippen MR) is 68.6 cm³/mol. The summed E-state index contributed by atoms with van der Waals surface area (Å²) >= 11 is 0. The lowest BCUT2D eigenvalue weighted by molar-refractivity contribution is -0.383. The quantitative estimate of drug-likeness (QED) is 0.160. The second-order valence-corrected chi connectivity index (χ2v) is 3.83. The van der Waals surface area contributed by atoms with Crippen LogP contribution in [0, 0.1) is 0 Å². The van der Waals surface area contributed by atoms with Gasteiger partial charge in [-0.2, -0.15) is 0 Å². The Bertz CT molecular complexity index is 1090. The van der Waals surface area contributed by atoms with Gasteiger partial charge in [-0.3, -0.25) is 0 Å². The van der Waals surface area contributed by atoms with Crippen LogP contribution in [-0.4, -0.2) is 125 Å². The number of hydrogen-bond acceptors (Lipinski definition) is 11. The molecule has 9 atom stereocenters. The molecular formula is C12H22O11. The van der Waals surface area contributed by atoms with Gasteiger partial charge in [-0.15, -0.1) is 0 Å². The first-order valence-corrected chi connectivity index (χ1v) is 5.38. The Kier molecular flexibility index (Phi) is 1.65. The van der Waals surface area contributed by atoms with Gasteiger partial charge in [0.15, 0.2) is 6.27 Å². The first kappa shape index (κ1) is 5.28. The van der Waals surface area contributed by atoms with Crippen LogP contribution in [0.5, 0.6) is 0 Å². The molecule has 0 bridgehead atoms. The molecule has 0 amide bonds. The van der Waals surface area contributed by atoms with Gasteiger partial charge in [-0.25, -0.2) is 0 Å². The van der Waals surface area contributed by atoms with Crippen molar-refractivity contribution in [1.29, 1.82) is 10.0 Å². The molecule has 2 aliphatic heterocycles. The van der Waals surface area contributed by atoms with Crippen LogP contribution in [-0.2, 0) is 14.2 Å². The maximum Gasteiger partial charge on any atom is 0.224 e. The van der Waals surface area contributed by atoms with E-state index in [0.717, 1.165) is 0 Å². The van der Waals surface area contributed by atoms with Gasteiger partial charge in [0.1, 0.15) is 49.1 Å². The number of ether oxygens (including phenoxy) is 3. The van der Waals surface area contributed by atoms with E-state index in [4.69, 9.17) is 38.7 Å². The van der Waals surface area contributed by atoms with Gasteiger partial charge >= 0.3 is 0 Å². The van der Waals surface area contributed by atoms with Crippen molar-refractivity contribution in [1.82, 2.24) is 0 Å². The number of hydrogen-bond donors (Lipinski definition) is 8. The minimum atomic E-state index is -4.89. The van der Waals surface area contributed by atoms with Gasteiger partial charge in [0, 0.05) is 0 Å². The Labute approximate surface area is 161 Å². The molecule has 0 aliphatic carbocycles. The second kappa shape index (κ2) is 7.21. The van der Waals surface area contributed by atoms with Crippen LogP contribution in [0.4, 0.5) is 0 Å². The smallest absolute Gasteiger partial charge is 0.224 e. The molecule has 0 spiro atoms. The molecule has 0 aromatic rings. The third kappa shape index (κ3) is 3.23. The summed E-state index contributed by atoms with van der Waals surface area (Å²) in [7, 11) is 0. The molecule has 2 heterocycles. The average Bonchev–Trinajstić information content (AvgIpc) is 3.11. The highest BCUT2D eigenvalue weighted by molar-refractivity contribution is 4.98. The molecule has 136 valence electrons. The zero-order valence-corrected chi connectivity index (χ0v) is 10.5. The molecule has 0 aromatic carbocycles. The summed E-state index contributed by atoms with van der Waals surface area (Å²) in [4.78, 5) is 0. The highest BCUT2D eigenvalue weighted by Gasteiger charge is 2.58. The topological polar surface area (TPSA) is 190 Å². The predicted octanol–water partition coefficient (Wildman–Crippen LogP) is -5.40. The van der Waals surface area contributed by atoms with Gasteiger partial charge in [-0.1, -0.05) is 0 Å². The van der Waals surface area contributed by atoms with Crippen molar-refractivity contribution < 1.29 is 74.3 Å². The van der Waals surface area contributed by atoms with Crippen LogP contribution in [0.3, 0.4) is 0 Å². The van der Waals surface area contributed by atoms with Gasteiger partial charge in [0.2, 0.25) is 15.8 Å². The third-order valence-corrected chi connectivity index (χ3v) is 2.52. The first-order valence-electron chi connectivity index (χ1n) is 15.2. The van der Waals surface area contributed by atoms with Crippen molar-refractivity contribution in [3.8, 4) is 0 Å². The van der Waals surface area contributed by atoms with E-state index in [9.17, 15) is 5.11 Å². The number of aliphatic hydroxyl groups is 8. The van der Waals surface area contributed by atoms with E-state index >= 15 is 0 Å². The van der Waals surface area contributed by atoms with E-state index in [-0.39, 0.29) is 0 Å². The molecule has 8 N–H and O–H groups in total. The van der Waals surface area contributed by atoms with Crippen molar-refractivity contribution in [2.45, 2.75) is 54.6 Å². The second-order valence-electron chi connectivity index (χ2n) is 3.83. The molecule has 2 saturated heterocycles. The van der Waals surface area contributed by atoms with E-state index in [1.54, 1.807) is 0 Å². The Morgan fingerprint density at radius 2 is 1.83 bits per heavy atom. The average molecular weight is 384 g/mol. The van der Waals surface area contributed by atoms with E-state index in [1.807, 2.05) is 0 Å². The molecule has 11 nitrogen and oxygen atoms in total. The lowest BCUT2D eigenvalue weighted by Crippen LogP contribution is -2.62. The Morgan fingerprint density at radius 1 is 1.00 bits per heavy atom. The van der Waals surface area contributed by atoms with E-state index < -0.39 is 74.3 Å². The lowest BCUT2D eigenvalue weighted by Gasteiger charge is -2.43. The lowest BCUT2D eigenvalue weighted by atomic mass is 9.99. The summed E-state index contributed by atoms with van der Waals surface area (Å²) in [5.41, 5.74) is 0. The highest BCUT2D eigenvalue weighted by Crippen LogP contribution is 2.35. The van der Waals surface area contributed by atoms with Gasteiger partial charge in [0.25, 0.3) is 0 Å². The Hall–Kier alpha value is -0.440. The van der Waals surface area contributed by atoms with Crippen molar-refractivity contribution in [3.05, 3.63) is 0 Å². The minimum Gasteiger partial charge on any atom is -0.394 e. The van der Waals surface area contributed by atoms with Crippen LogP contribution < -0.4 is 0 Å². The summed E-state index contributed by atoms with van der Waals surface area (Å²) in [5.74, 6) is -4.84. The minimum absolute atomic E-state index is 3.65. The maximum atomic E-state index is 10.1. The molecule has 2 aliphatic rings. The van der Waals surface area contributed by atoms with Gasteiger partial charge in [0.05, 0.1) is 32.3 Å². The third-order valence-electron chi connectivity index (χ3n) is 2.52. The fourth-order valence-electron chi connectivity index (χ4n) is 1.47. The van der Waals surface area contributed by atoms with E-state index in [0.29, 0.717) is 0 Å². The van der Waals surface area contributed by atoms with E-state index in [2.05, 4.69) is 40.5 Å². The summed E-state index contributed by atoms with van der Waals surface area (Å²) in [6.45, 7) is -13.3. The van der Waals surface area contributed by atoms with Crippen LogP contribution in [0.1, 0.15) is 19.2 Å². The summed E-state index contributed by atoms with van der Waals surface area (Å²) in [6, 6.07) is 0. The zero-order valence-electron chi connectivity index (χ0n) is 31.5.